The van der Waals surface area contributed by atoms with Crippen LogP contribution in [0.3, 0.4) is 0 Å². The van der Waals surface area contributed by atoms with Crippen molar-refractivity contribution in [1.29, 1.82) is 0 Å². The highest BCUT2D eigenvalue weighted by atomic mass is 35.5. The van der Waals surface area contributed by atoms with Crippen molar-refractivity contribution in [3.8, 4) is 0 Å². The van der Waals surface area contributed by atoms with E-state index in [0.29, 0.717) is 33.9 Å². The summed E-state index contributed by atoms with van der Waals surface area (Å²) in [6.45, 7) is 2.25. The van der Waals surface area contributed by atoms with E-state index in [4.69, 9.17) is 26.6 Å². The Morgan fingerprint density at radius 3 is 2.36 bits per heavy atom. The van der Waals surface area contributed by atoms with E-state index in [9.17, 15) is 4.79 Å². The first-order valence-corrected chi connectivity index (χ1v) is 11.9. The lowest BCUT2D eigenvalue weighted by Crippen LogP contribution is -2.25. The van der Waals surface area contributed by atoms with Crippen molar-refractivity contribution >= 4 is 44.8 Å². The van der Waals surface area contributed by atoms with Gasteiger partial charge in [-0.1, -0.05) is 61.2 Å². The quantitative estimate of drug-likeness (QED) is 0.343. The molecule has 0 radical (unpaired) electrons. The standard InChI is InChI=1S/C26H24ClN5O/c1-16-28-24-22(26(33)31(16)15-17-9-5-6-12-19(17)27)23-25(32(24)18-10-3-2-4-11-18)30-21-14-8-7-13-20(21)29-23/h5-9,12-14,18H,2-4,10-11,15H2,1H3. The van der Waals surface area contributed by atoms with Gasteiger partial charge in [-0.3, -0.25) is 9.36 Å². The predicted octanol–water partition coefficient (Wildman–Crippen LogP) is 5.81. The van der Waals surface area contributed by atoms with Crippen LogP contribution in [0.15, 0.2) is 53.3 Å². The molecule has 0 N–H and O–H groups in total. The molecule has 1 saturated carbocycles. The molecule has 0 aliphatic heterocycles. The van der Waals surface area contributed by atoms with Gasteiger partial charge in [0, 0.05) is 11.1 Å². The molecular weight excluding hydrogens is 434 g/mol. The minimum absolute atomic E-state index is 0.0958. The molecule has 0 spiro atoms. The topological polar surface area (TPSA) is 65.6 Å². The first-order valence-electron chi connectivity index (χ1n) is 11.5. The van der Waals surface area contributed by atoms with Crippen molar-refractivity contribution < 1.29 is 0 Å². The Labute approximate surface area is 195 Å². The lowest BCUT2D eigenvalue weighted by molar-refractivity contribution is 0.365. The van der Waals surface area contributed by atoms with Crippen LogP contribution < -0.4 is 5.56 Å². The highest BCUT2D eigenvalue weighted by Crippen LogP contribution is 2.35. The van der Waals surface area contributed by atoms with Crippen molar-refractivity contribution in [2.45, 2.75) is 51.6 Å². The molecule has 1 aliphatic rings. The maximum Gasteiger partial charge on any atom is 0.265 e. The molecule has 6 nitrogen and oxygen atoms in total. The summed E-state index contributed by atoms with van der Waals surface area (Å²) in [7, 11) is 0. The summed E-state index contributed by atoms with van der Waals surface area (Å²) in [5.41, 5.74) is 4.50. The molecule has 0 bridgehead atoms. The van der Waals surface area contributed by atoms with Crippen molar-refractivity contribution in [3.63, 3.8) is 0 Å². The van der Waals surface area contributed by atoms with Gasteiger partial charge in [0.2, 0.25) is 0 Å². The van der Waals surface area contributed by atoms with Gasteiger partial charge in [0.25, 0.3) is 5.56 Å². The molecule has 5 aromatic rings. The van der Waals surface area contributed by atoms with Crippen molar-refractivity contribution in [1.82, 2.24) is 24.1 Å². The van der Waals surface area contributed by atoms with Crippen LogP contribution in [0.1, 0.15) is 49.5 Å². The molecule has 1 aliphatic carbocycles. The number of rotatable bonds is 3. The third-order valence-corrected chi connectivity index (χ3v) is 7.18. The molecule has 7 heteroatoms. The fourth-order valence-corrected chi connectivity index (χ4v) is 5.32. The lowest BCUT2D eigenvalue weighted by atomic mass is 9.95. The monoisotopic (exact) mass is 457 g/mol. The van der Waals surface area contributed by atoms with Crippen LogP contribution in [0, 0.1) is 6.92 Å². The van der Waals surface area contributed by atoms with Gasteiger partial charge in [-0.05, 0) is 43.5 Å². The maximum atomic E-state index is 13.9. The summed E-state index contributed by atoms with van der Waals surface area (Å²) < 4.78 is 3.89. The van der Waals surface area contributed by atoms with Gasteiger partial charge < -0.3 is 4.57 Å². The molecule has 166 valence electrons. The molecule has 6 rings (SSSR count). The minimum atomic E-state index is -0.0958. The summed E-state index contributed by atoms with van der Waals surface area (Å²) in [6.07, 6.45) is 5.73. The second-order valence-corrected chi connectivity index (χ2v) is 9.29. The van der Waals surface area contributed by atoms with Gasteiger partial charge in [0.15, 0.2) is 11.3 Å². The zero-order valence-electron chi connectivity index (χ0n) is 18.5. The van der Waals surface area contributed by atoms with Gasteiger partial charge in [-0.15, -0.1) is 0 Å². The summed E-state index contributed by atoms with van der Waals surface area (Å²) >= 11 is 6.40. The Hall–Kier alpha value is -3.25. The molecule has 3 aromatic heterocycles. The number of hydrogen-bond acceptors (Lipinski definition) is 4. The Balaban J connectivity index is 1.67. The molecule has 3 heterocycles. The fraction of sp³-hybridized carbons (Fsp3) is 0.308. The van der Waals surface area contributed by atoms with Crippen LogP contribution >= 0.6 is 11.6 Å². The lowest BCUT2D eigenvalue weighted by Gasteiger charge is -2.24. The zero-order chi connectivity index (χ0) is 22.5. The normalized spacial score (nSPS) is 15.1. The average molecular weight is 458 g/mol. The number of halogens is 1. The largest absolute Gasteiger partial charge is 0.305 e. The van der Waals surface area contributed by atoms with Crippen LogP contribution in [-0.2, 0) is 6.54 Å². The van der Waals surface area contributed by atoms with E-state index in [0.717, 1.165) is 35.1 Å². The first kappa shape index (κ1) is 20.4. The number of benzene rings is 2. The molecule has 0 atom stereocenters. The number of para-hydroxylation sites is 2. The van der Waals surface area contributed by atoms with Gasteiger partial charge in [0.1, 0.15) is 16.7 Å². The molecule has 0 saturated heterocycles. The zero-order valence-corrected chi connectivity index (χ0v) is 19.2. The molecule has 0 amide bonds. The third-order valence-electron chi connectivity index (χ3n) is 6.81. The fourth-order valence-electron chi connectivity index (χ4n) is 5.12. The van der Waals surface area contributed by atoms with E-state index in [1.54, 1.807) is 4.57 Å². The Bertz CT molecular complexity index is 1580. The average Bonchev–Trinajstić information content (AvgIpc) is 3.14. The summed E-state index contributed by atoms with van der Waals surface area (Å²) in [6, 6.07) is 15.7. The SMILES string of the molecule is Cc1nc2c(c(=O)n1Cc1ccccc1Cl)c1nc3ccccc3nc1n2C1CCCCC1. The number of hydrogen-bond donors (Lipinski definition) is 0. The van der Waals surface area contributed by atoms with Crippen molar-refractivity contribution in [2.75, 3.05) is 0 Å². The van der Waals surface area contributed by atoms with Gasteiger partial charge in [-0.25, -0.2) is 15.0 Å². The third kappa shape index (κ3) is 3.32. The highest BCUT2D eigenvalue weighted by molar-refractivity contribution is 6.31. The minimum Gasteiger partial charge on any atom is -0.305 e. The first-order chi connectivity index (χ1) is 16.1. The van der Waals surface area contributed by atoms with E-state index in [1.807, 2.05) is 55.5 Å². The number of nitrogens with zero attached hydrogens (tertiary/aromatic N) is 5. The van der Waals surface area contributed by atoms with Crippen LogP contribution in [0.4, 0.5) is 0 Å². The van der Waals surface area contributed by atoms with Crippen molar-refractivity contribution in [2.24, 2.45) is 0 Å². The van der Waals surface area contributed by atoms with E-state index < -0.39 is 0 Å². The van der Waals surface area contributed by atoms with Gasteiger partial charge in [0.05, 0.1) is 17.6 Å². The van der Waals surface area contributed by atoms with E-state index in [1.165, 1.54) is 19.3 Å². The molecule has 2 aromatic carbocycles. The number of fused-ring (bicyclic) bond motifs is 4. The number of aromatic nitrogens is 5. The van der Waals surface area contributed by atoms with Crippen LogP contribution in [0.25, 0.3) is 33.2 Å². The van der Waals surface area contributed by atoms with Crippen LogP contribution in [0.2, 0.25) is 5.02 Å². The predicted molar refractivity (Wildman–Crippen MR) is 132 cm³/mol. The second kappa shape index (κ2) is 7.96. The molecular formula is C26H24ClN5O. The Kier molecular flexibility index (Phi) is 4.91. The Morgan fingerprint density at radius 1 is 0.909 bits per heavy atom. The number of aryl methyl sites for hydroxylation is 1. The van der Waals surface area contributed by atoms with E-state index in [2.05, 4.69) is 4.57 Å². The van der Waals surface area contributed by atoms with Crippen LogP contribution in [0.5, 0.6) is 0 Å². The van der Waals surface area contributed by atoms with Gasteiger partial charge in [-0.2, -0.15) is 0 Å². The maximum absolute atomic E-state index is 13.9. The smallest absolute Gasteiger partial charge is 0.265 e. The summed E-state index contributed by atoms with van der Waals surface area (Å²) in [4.78, 5) is 28.8. The second-order valence-electron chi connectivity index (χ2n) is 8.89. The molecule has 0 unspecified atom stereocenters. The highest BCUT2D eigenvalue weighted by Gasteiger charge is 2.26. The van der Waals surface area contributed by atoms with E-state index >= 15 is 0 Å². The molecule has 1 fully saturated rings. The summed E-state index contributed by atoms with van der Waals surface area (Å²) in [5, 5.41) is 1.19. The Morgan fingerprint density at radius 2 is 1.61 bits per heavy atom. The van der Waals surface area contributed by atoms with E-state index in [-0.39, 0.29) is 11.6 Å². The van der Waals surface area contributed by atoms with Crippen LogP contribution in [-0.4, -0.2) is 24.1 Å². The van der Waals surface area contributed by atoms with Gasteiger partial charge >= 0.3 is 0 Å². The van der Waals surface area contributed by atoms with Crippen molar-refractivity contribution in [3.05, 3.63) is 75.3 Å². The molecule has 33 heavy (non-hydrogen) atoms. The summed E-state index contributed by atoms with van der Waals surface area (Å²) in [5.74, 6) is 0.664.